The zero-order chi connectivity index (χ0) is 10.3. The molecule has 0 aliphatic carbocycles. The summed E-state index contributed by atoms with van der Waals surface area (Å²) in [7, 11) is -1.56. The highest BCUT2D eigenvalue weighted by Gasteiger charge is 2.16. The van der Waals surface area contributed by atoms with Gasteiger partial charge in [-0.1, -0.05) is 11.6 Å². The second-order valence-electron chi connectivity index (χ2n) is 2.82. The molecule has 2 rings (SSSR count). The summed E-state index contributed by atoms with van der Waals surface area (Å²) in [5.74, 6) is -0.448. The van der Waals surface area contributed by atoms with Crippen molar-refractivity contribution >= 4 is 44.9 Å². The van der Waals surface area contributed by atoms with Gasteiger partial charge >= 0.3 is 7.12 Å². The lowest BCUT2D eigenvalue weighted by atomic mass is 9.89. The van der Waals surface area contributed by atoms with E-state index in [1.165, 1.54) is 12.1 Å². The van der Waals surface area contributed by atoms with E-state index in [0.29, 0.717) is 19.9 Å². The summed E-state index contributed by atoms with van der Waals surface area (Å²) in [6, 6.07) is 4.21. The van der Waals surface area contributed by atoms with Gasteiger partial charge in [-0.05, 0) is 18.2 Å². The van der Waals surface area contributed by atoms with Crippen molar-refractivity contribution in [2.45, 2.75) is 0 Å². The van der Waals surface area contributed by atoms with Crippen LogP contribution in [0.4, 0.5) is 4.39 Å². The summed E-state index contributed by atoms with van der Waals surface area (Å²) in [6.45, 7) is 0. The maximum atomic E-state index is 13.3. The first kappa shape index (κ1) is 9.92. The Kier molecular flexibility index (Phi) is 2.49. The van der Waals surface area contributed by atoms with Crippen molar-refractivity contribution in [3.63, 3.8) is 0 Å². The topological polar surface area (TPSA) is 40.5 Å². The van der Waals surface area contributed by atoms with Crippen LogP contribution in [0.25, 0.3) is 10.1 Å². The number of fused-ring (bicyclic) bond motifs is 1. The van der Waals surface area contributed by atoms with Crippen molar-refractivity contribution in [3.05, 3.63) is 29.0 Å². The molecule has 2 aromatic rings. The summed E-state index contributed by atoms with van der Waals surface area (Å²) in [6.07, 6.45) is 0. The molecule has 0 atom stereocenters. The number of hydrogen-bond donors (Lipinski definition) is 2. The van der Waals surface area contributed by atoms with E-state index in [9.17, 15) is 4.39 Å². The van der Waals surface area contributed by atoms with Crippen LogP contribution in [-0.4, -0.2) is 17.2 Å². The number of halogens is 2. The van der Waals surface area contributed by atoms with Crippen LogP contribution in [0, 0.1) is 5.82 Å². The van der Waals surface area contributed by atoms with E-state index in [1.807, 2.05) is 0 Å². The Balaban J connectivity index is 2.70. The van der Waals surface area contributed by atoms with Crippen LogP contribution in [0.15, 0.2) is 18.2 Å². The molecule has 0 saturated heterocycles. The summed E-state index contributed by atoms with van der Waals surface area (Å²) in [5.41, 5.74) is 0. The first-order chi connectivity index (χ1) is 6.58. The van der Waals surface area contributed by atoms with Crippen LogP contribution >= 0.6 is 22.9 Å². The van der Waals surface area contributed by atoms with Crippen LogP contribution in [0.1, 0.15) is 0 Å². The zero-order valence-electron chi connectivity index (χ0n) is 6.87. The fourth-order valence-corrected chi connectivity index (χ4v) is 2.47. The second kappa shape index (κ2) is 3.51. The van der Waals surface area contributed by atoms with Gasteiger partial charge in [0.25, 0.3) is 0 Å². The van der Waals surface area contributed by atoms with Crippen molar-refractivity contribution in [2.75, 3.05) is 0 Å². The van der Waals surface area contributed by atoms with Gasteiger partial charge in [0.1, 0.15) is 5.82 Å². The Morgan fingerprint density at radius 1 is 1.29 bits per heavy atom. The smallest absolute Gasteiger partial charge is 0.423 e. The standard InChI is InChI=1S/C8H5BClFO2S/c10-4-1-6(11)5-3-8(9(12)13)14-7(5)2-4/h1-3,12-13H. The Morgan fingerprint density at radius 3 is 2.64 bits per heavy atom. The fourth-order valence-electron chi connectivity index (χ4n) is 1.21. The summed E-state index contributed by atoms with van der Waals surface area (Å²) in [4.78, 5) is 0. The molecule has 0 saturated carbocycles. The third-order valence-corrected chi connectivity index (χ3v) is 3.17. The molecule has 0 bridgehead atoms. The monoisotopic (exact) mass is 230 g/mol. The zero-order valence-corrected chi connectivity index (χ0v) is 8.44. The van der Waals surface area contributed by atoms with Crippen LogP contribution in [-0.2, 0) is 0 Å². The lowest BCUT2D eigenvalue weighted by Crippen LogP contribution is -2.26. The molecule has 1 heterocycles. The van der Waals surface area contributed by atoms with E-state index < -0.39 is 12.9 Å². The minimum Gasteiger partial charge on any atom is -0.423 e. The van der Waals surface area contributed by atoms with E-state index in [0.717, 1.165) is 11.3 Å². The van der Waals surface area contributed by atoms with Crippen molar-refractivity contribution in [1.82, 2.24) is 0 Å². The van der Waals surface area contributed by atoms with Crippen LogP contribution in [0.3, 0.4) is 0 Å². The van der Waals surface area contributed by atoms with Gasteiger partial charge in [-0.15, -0.1) is 11.3 Å². The highest BCUT2D eigenvalue weighted by molar-refractivity contribution is 7.27. The number of benzene rings is 1. The second-order valence-corrected chi connectivity index (χ2v) is 4.37. The molecule has 0 amide bonds. The van der Waals surface area contributed by atoms with Crippen molar-refractivity contribution in [1.29, 1.82) is 0 Å². The molecule has 0 aliphatic heterocycles. The minimum absolute atomic E-state index is 0.302. The molecule has 6 heteroatoms. The molecule has 0 fully saturated rings. The fraction of sp³-hybridized carbons (Fsp3) is 0. The lowest BCUT2D eigenvalue weighted by molar-refractivity contribution is 0.427. The summed E-state index contributed by atoms with van der Waals surface area (Å²) in [5, 5.41) is 18.5. The number of hydrogen-bond acceptors (Lipinski definition) is 3. The minimum atomic E-state index is -1.56. The van der Waals surface area contributed by atoms with E-state index in [2.05, 4.69) is 0 Å². The van der Waals surface area contributed by atoms with Gasteiger partial charge in [0.15, 0.2) is 0 Å². The van der Waals surface area contributed by atoms with Crippen LogP contribution < -0.4 is 4.78 Å². The Morgan fingerprint density at radius 2 is 2.00 bits per heavy atom. The third-order valence-electron chi connectivity index (χ3n) is 1.83. The first-order valence-corrected chi connectivity index (χ1v) is 5.02. The summed E-state index contributed by atoms with van der Waals surface area (Å²) < 4.78 is 14.2. The molecular formula is C8H5BClFO2S. The molecule has 72 valence electrons. The maximum Gasteiger partial charge on any atom is 0.499 e. The van der Waals surface area contributed by atoms with Gasteiger partial charge < -0.3 is 10.0 Å². The highest BCUT2D eigenvalue weighted by atomic mass is 35.5. The predicted molar refractivity (Wildman–Crippen MR) is 56.6 cm³/mol. The quantitative estimate of drug-likeness (QED) is 0.727. The molecule has 14 heavy (non-hydrogen) atoms. The Bertz CT molecular complexity index is 485. The third kappa shape index (κ3) is 1.64. The lowest BCUT2D eigenvalue weighted by Gasteiger charge is -1.92. The molecule has 2 N–H and O–H groups in total. The summed E-state index contributed by atoms with van der Waals surface area (Å²) >= 11 is 6.76. The molecule has 2 nitrogen and oxygen atoms in total. The number of rotatable bonds is 1. The van der Waals surface area contributed by atoms with Crippen LogP contribution in [0.5, 0.6) is 0 Å². The molecule has 0 spiro atoms. The van der Waals surface area contributed by atoms with Crippen LogP contribution in [0.2, 0.25) is 5.02 Å². The Labute approximate surface area is 88.7 Å². The normalized spacial score (nSPS) is 10.9. The van der Waals surface area contributed by atoms with Crippen molar-refractivity contribution in [3.8, 4) is 0 Å². The first-order valence-electron chi connectivity index (χ1n) is 3.82. The van der Waals surface area contributed by atoms with Gasteiger partial charge in [-0.3, -0.25) is 0 Å². The van der Waals surface area contributed by atoms with Gasteiger partial charge in [-0.25, -0.2) is 4.39 Å². The van der Waals surface area contributed by atoms with Crippen molar-refractivity contribution < 1.29 is 14.4 Å². The average Bonchev–Trinajstić information content (AvgIpc) is 2.47. The molecule has 1 aromatic carbocycles. The molecule has 1 aromatic heterocycles. The Hall–Kier alpha value is -0.615. The van der Waals surface area contributed by atoms with Gasteiger partial charge in [-0.2, -0.15) is 0 Å². The van der Waals surface area contributed by atoms with E-state index in [1.54, 1.807) is 6.07 Å². The average molecular weight is 230 g/mol. The predicted octanol–water partition coefficient (Wildman–Crippen LogP) is 1.37. The largest absolute Gasteiger partial charge is 0.499 e. The van der Waals surface area contributed by atoms with Crippen molar-refractivity contribution in [2.24, 2.45) is 0 Å². The SMILES string of the molecule is OB(O)c1cc2c(F)cc(Cl)cc2s1. The maximum absolute atomic E-state index is 13.3. The van der Waals surface area contributed by atoms with E-state index >= 15 is 0 Å². The van der Waals surface area contributed by atoms with E-state index in [-0.39, 0.29) is 0 Å². The molecule has 0 aliphatic rings. The number of thiophene rings is 1. The van der Waals surface area contributed by atoms with Gasteiger partial charge in [0.05, 0.1) is 0 Å². The van der Waals surface area contributed by atoms with Gasteiger partial charge in [0.2, 0.25) is 0 Å². The van der Waals surface area contributed by atoms with E-state index in [4.69, 9.17) is 21.6 Å². The highest BCUT2D eigenvalue weighted by Crippen LogP contribution is 2.26. The molecule has 0 radical (unpaired) electrons. The molecule has 0 unspecified atom stereocenters. The molecular weight excluding hydrogens is 225 g/mol. The van der Waals surface area contributed by atoms with Gasteiger partial charge in [0, 0.05) is 19.9 Å².